The van der Waals surface area contributed by atoms with Crippen molar-refractivity contribution in [1.29, 1.82) is 0 Å². The van der Waals surface area contributed by atoms with Crippen molar-refractivity contribution in [3.05, 3.63) is 36.5 Å². The molecule has 92 heavy (non-hydrogen) atoms. The molecule has 0 saturated carbocycles. The van der Waals surface area contributed by atoms with E-state index in [1.54, 1.807) is 6.08 Å². The number of aliphatic hydroxyl groups excluding tert-OH is 2. The minimum Gasteiger partial charge on any atom is -0.466 e. The molecule has 6 heteroatoms. The van der Waals surface area contributed by atoms with Gasteiger partial charge in [-0.2, -0.15) is 0 Å². The maximum absolute atomic E-state index is 12.6. The van der Waals surface area contributed by atoms with E-state index >= 15 is 0 Å². The van der Waals surface area contributed by atoms with Crippen molar-refractivity contribution < 1.29 is 24.5 Å². The highest BCUT2D eigenvalue weighted by molar-refractivity contribution is 5.76. The molecule has 544 valence electrons. The summed E-state index contributed by atoms with van der Waals surface area (Å²) in [4.78, 5) is 24.6. The highest BCUT2D eigenvalue weighted by Crippen LogP contribution is 2.20. The van der Waals surface area contributed by atoms with Crippen LogP contribution in [0.4, 0.5) is 0 Å². The standard InChI is InChI=1S/C86H165NO5/c1-3-5-7-9-11-13-15-17-19-20-21-22-42-45-48-51-54-58-62-66-70-74-78-84(89)83(82-88)87-85(90)79-75-71-67-63-59-55-52-49-46-43-40-38-36-34-32-30-28-26-24-23-25-27-29-31-33-35-37-39-41-44-47-50-53-57-61-65-69-73-77-81-92-86(91)80-76-72-68-64-60-56-18-16-14-12-10-8-6-4-2/h16,18,23-24,74,78,83-84,88-89H,3-15,17,19-22,25-73,75-77,79-82H2,1-2H3,(H,87,90)/b18-16-,24-23-,78-74+. The summed E-state index contributed by atoms with van der Waals surface area (Å²) in [5.41, 5.74) is 0. The van der Waals surface area contributed by atoms with Crippen LogP contribution in [0.25, 0.3) is 0 Å². The zero-order valence-corrected chi connectivity index (χ0v) is 62.6. The fourth-order valence-electron chi connectivity index (χ4n) is 13.5. The molecule has 0 heterocycles. The summed E-state index contributed by atoms with van der Waals surface area (Å²) in [5, 5.41) is 23.3. The monoisotopic (exact) mass is 1290 g/mol. The molecule has 0 spiro atoms. The number of esters is 1. The van der Waals surface area contributed by atoms with Gasteiger partial charge in [0.05, 0.1) is 25.4 Å². The Morgan fingerprint density at radius 2 is 0.511 bits per heavy atom. The number of allylic oxidation sites excluding steroid dienone is 5. The maximum Gasteiger partial charge on any atom is 0.305 e. The van der Waals surface area contributed by atoms with Gasteiger partial charge in [-0.25, -0.2) is 0 Å². The van der Waals surface area contributed by atoms with Gasteiger partial charge in [0.25, 0.3) is 0 Å². The number of carbonyl (C=O) groups excluding carboxylic acids is 2. The van der Waals surface area contributed by atoms with Crippen molar-refractivity contribution in [2.75, 3.05) is 13.2 Å². The first-order valence-electron chi connectivity index (χ1n) is 42.3. The van der Waals surface area contributed by atoms with Crippen molar-refractivity contribution in [1.82, 2.24) is 5.32 Å². The molecule has 0 aromatic carbocycles. The molecule has 3 N–H and O–H groups in total. The minimum atomic E-state index is -0.843. The van der Waals surface area contributed by atoms with Gasteiger partial charge in [0.2, 0.25) is 5.91 Å². The Bertz CT molecular complexity index is 1490. The van der Waals surface area contributed by atoms with E-state index in [-0.39, 0.29) is 18.5 Å². The first-order valence-corrected chi connectivity index (χ1v) is 42.3. The second-order valence-electron chi connectivity index (χ2n) is 29.2. The van der Waals surface area contributed by atoms with Crippen molar-refractivity contribution in [3.8, 4) is 0 Å². The van der Waals surface area contributed by atoms with Gasteiger partial charge in [-0.1, -0.05) is 416 Å². The Labute approximate surface area is 576 Å². The van der Waals surface area contributed by atoms with Crippen LogP contribution in [-0.4, -0.2) is 47.4 Å². The Kier molecular flexibility index (Phi) is 79.8. The largest absolute Gasteiger partial charge is 0.466 e. The summed E-state index contributed by atoms with van der Waals surface area (Å²) >= 11 is 0. The molecule has 2 atom stereocenters. The van der Waals surface area contributed by atoms with E-state index in [2.05, 4.69) is 43.5 Å². The average molecular weight is 1290 g/mol. The van der Waals surface area contributed by atoms with E-state index in [0.29, 0.717) is 19.4 Å². The maximum atomic E-state index is 12.6. The molecule has 0 aliphatic heterocycles. The van der Waals surface area contributed by atoms with Gasteiger partial charge in [0.15, 0.2) is 0 Å². The summed E-state index contributed by atoms with van der Waals surface area (Å²) in [6.07, 6.45) is 107. The van der Waals surface area contributed by atoms with E-state index < -0.39 is 12.1 Å². The number of carbonyl (C=O) groups is 2. The highest BCUT2D eigenvalue weighted by Gasteiger charge is 2.18. The summed E-state index contributed by atoms with van der Waals surface area (Å²) in [6, 6.07) is -0.626. The van der Waals surface area contributed by atoms with Crippen molar-refractivity contribution in [2.45, 2.75) is 488 Å². The molecule has 0 aliphatic carbocycles. The van der Waals surface area contributed by atoms with Gasteiger partial charge in [-0.05, 0) is 83.5 Å². The first-order chi connectivity index (χ1) is 45.5. The van der Waals surface area contributed by atoms with Gasteiger partial charge in [0.1, 0.15) is 0 Å². The third-order valence-electron chi connectivity index (χ3n) is 19.9. The van der Waals surface area contributed by atoms with Crippen LogP contribution in [-0.2, 0) is 14.3 Å². The van der Waals surface area contributed by atoms with Crippen LogP contribution < -0.4 is 5.32 Å². The van der Waals surface area contributed by atoms with Crippen molar-refractivity contribution >= 4 is 11.9 Å². The molecule has 0 bridgehead atoms. The van der Waals surface area contributed by atoms with Gasteiger partial charge in [-0.3, -0.25) is 9.59 Å². The van der Waals surface area contributed by atoms with E-state index in [1.807, 2.05) is 6.08 Å². The first kappa shape index (κ1) is 90.1. The second kappa shape index (κ2) is 81.5. The lowest BCUT2D eigenvalue weighted by Gasteiger charge is -2.20. The van der Waals surface area contributed by atoms with Gasteiger partial charge >= 0.3 is 5.97 Å². The predicted octanol–water partition coefficient (Wildman–Crippen LogP) is 28.2. The number of ether oxygens (including phenoxy) is 1. The molecule has 0 aromatic heterocycles. The van der Waals surface area contributed by atoms with Crippen LogP contribution >= 0.6 is 0 Å². The van der Waals surface area contributed by atoms with E-state index in [4.69, 9.17) is 4.74 Å². The van der Waals surface area contributed by atoms with Crippen molar-refractivity contribution in [2.24, 2.45) is 0 Å². The molecule has 0 aliphatic rings. The smallest absolute Gasteiger partial charge is 0.305 e. The van der Waals surface area contributed by atoms with Crippen LogP contribution in [0.3, 0.4) is 0 Å². The quantitative estimate of drug-likeness (QED) is 0.0320. The third-order valence-corrected chi connectivity index (χ3v) is 19.9. The third kappa shape index (κ3) is 77.1. The molecule has 2 unspecified atom stereocenters. The van der Waals surface area contributed by atoms with Gasteiger partial charge < -0.3 is 20.3 Å². The number of unbranched alkanes of at least 4 members (excludes halogenated alkanes) is 65. The normalized spacial score (nSPS) is 12.6. The van der Waals surface area contributed by atoms with Crippen LogP contribution in [0.1, 0.15) is 476 Å². The number of rotatable bonds is 80. The summed E-state index contributed by atoms with van der Waals surface area (Å²) < 4.78 is 5.50. The minimum absolute atomic E-state index is 0.0145. The molecule has 0 radical (unpaired) electrons. The number of hydrogen-bond acceptors (Lipinski definition) is 5. The van der Waals surface area contributed by atoms with Crippen LogP contribution in [0.15, 0.2) is 36.5 Å². The Morgan fingerprint density at radius 1 is 0.293 bits per heavy atom. The summed E-state index contributed by atoms with van der Waals surface area (Å²) in [6.45, 7) is 4.95. The number of hydrogen-bond donors (Lipinski definition) is 3. The molecule has 0 saturated heterocycles. The molecule has 6 nitrogen and oxygen atoms in total. The predicted molar refractivity (Wildman–Crippen MR) is 407 cm³/mol. The zero-order chi connectivity index (χ0) is 66.3. The number of aliphatic hydroxyl groups is 2. The van der Waals surface area contributed by atoms with E-state index in [0.717, 1.165) is 44.9 Å². The SMILES string of the molecule is CCCCCCC/C=C\CCCCCCCC(=O)OCCCCCCCCCCCCCCCCCCCC/C=C\CCCCCCCCCCCCCCCCCCCC(=O)NC(CO)C(O)/C=C/CCCCCCCCCCCCCCCCCCCCCC. The lowest BCUT2D eigenvalue weighted by Crippen LogP contribution is -2.45. The number of amides is 1. The zero-order valence-electron chi connectivity index (χ0n) is 62.6. The lowest BCUT2D eigenvalue weighted by molar-refractivity contribution is -0.143. The highest BCUT2D eigenvalue weighted by atomic mass is 16.5. The molecule has 0 aromatic rings. The fraction of sp³-hybridized carbons (Fsp3) is 0.907. The van der Waals surface area contributed by atoms with Crippen LogP contribution in [0, 0.1) is 0 Å². The fourth-order valence-corrected chi connectivity index (χ4v) is 13.5. The van der Waals surface area contributed by atoms with Gasteiger partial charge in [0, 0.05) is 12.8 Å². The lowest BCUT2D eigenvalue weighted by atomic mass is 10.0. The van der Waals surface area contributed by atoms with Gasteiger partial charge in [-0.15, -0.1) is 0 Å². The van der Waals surface area contributed by atoms with E-state index in [1.165, 1.54) is 405 Å². The van der Waals surface area contributed by atoms with Crippen molar-refractivity contribution in [3.63, 3.8) is 0 Å². The molecular weight excluding hydrogens is 1130 g/mol. The number of nitrogens with one attached hydrogen (secondary N) is 1. The summed E-state index contributed by atoms with van der Waals surface area (Å²) in [5.74, 6) is -0.0441. The molecular formula is C86H165NO5. The molecule has 0 rings (SSSR count). The van der Waals surface area contributed by atoms with Crippen LogP contribution in [0.5, 0.6) is 0 Å². The van der Waals surface area contributed by atoms with Crippen LogP contribution in [0.2, 0.25) is 0 Å². The average Bonchev–Trinajstić information content (AvgIpc) is 3.67. The summed E-state index contributed by atoms with van der Waals surface area (Å²) in [7, 11) is 0. The topological polar surface area (TPSA) is 95.9 Å². The Balaban J connectivity index is 3.35. The van der Waals surface area contributed by atoms with E-state index in [9.17, 15) is 19.8 Å². The Morgan fingerprint density at radius 3 is 0.772 bits per heavy atom. The molecule has 0 fully saturated rings. The Hall–Kier alpha value is -1.92. The molecule has 1 amide bonds. The second-order valence-corrected chi connectivity index (χ2v) is 29.2.